The van der Waals surface area contributed by atoms with E-state index in [1.807, 2.05) is 53.1 Å². The fourth-order valence-electron chi connectivity index (χ4n) is 3.95. The molecule has 0 bridgehead atoms. The van der Waals surface area contributed by atoms with Crippen LogP contribution in [0.15, 0.2) is 78.0 Å². The lowest BCUT2D eigenvalue weighted by Crippen LogP contribution is -2.31. The summed E-state index contributed by atoms with van der Waals surface area (Å²) in [4.78, 5) is 26.7. The van der Waals surface area contributed by atoms with Gasteiger partial charge in [0.15, 0.2) is 11.0 Å². The summed E-state index contributed by atoms with van der Waals surface area (Å²) in [5.41, 5.74) is 2.60. The van der Waals surface area contributed by atoms with Gasteiger partial charge >= 0.3 is 0 Å². The number of benzene rings is 3. The maximum absolute atomic E-state index is 12.7. The Kier molecular flexibility index (Phi) is 6.24. The highest BCUT2D eigenvalue weighted by Crippen LogP contribution is 2.31. The molecule has 0 atom stereocenters. The van der Waals surface area contributed by atoms with Crippen molar-refractivity contribution in [2.75, 3.05) is 26.5 Å². The molecule has 35 heavy (non-hydrogen) atoms. The van der Waals surface area contributed by atoms with Crippen molar-refractivity contribution < 1.29 is 19.1 Å². The van der Waals surface area contributed by atoms with Gasteiger partial charge in [-0.2, -0.15) is 0 Å². The quantitative estimate of drug-likeness (QED) is 0.270. The number of ether oxygens (including phenoxy) is 2. The monoisotopic (exact) mass is 486 g/mol. The van der Waals surface area contributed by atoms with E-state index in [1.165, 1.54) is 16.7 Å². The highest BCUT2D eigenvalue weighted by molar-refractivity contribution is 7.99. The van der Waals surface area contributed by atoms with Crippen molar-refractivity contribution >= 4 is 23.6 Å². The smallest absolute Gasteiger partial charge is 0.261 e. The summed E-state index contributed by atoms with van der Waals surface area (Å²) in [7, 11) is 3.24. The first-order chi connectivity index (χ1) is 17.1. The minimum atomic E-state index is -0.264. The molecule has 0 N–H and O–H groups in total. The third kappa shape index (κ3) is 4.26. The predicted octanol–water partition coefficient (Wildman–Crippen LogP) is 4.34. The predicted molar refractivity (Wildman–Crippen MR) is 132 cm³/mol. The van der Waals surface area contributed by atoms with E-state index >= 15 is 0 Å². The van der Waals surface area contributed by atoms with Crippen LogP contribution in [-0.4, -0.2) is 58.0 Å². The molecule has 0 saturated carbocycles. The van der Waals surface area contributed by atoms with Gasteiger partial charge in [0.2, 0.25) is 0 Å². The lowest BCUT2D eigenvalue weighted by Gasteiger charge is -2.14. The van der Waals surface area contributed by atoms with Crippen molar-refractivity contribution in [2.45, 2.75) is 5.16 Å². The molecule has 176 valence electrons. The number of amides is 2. The maximum Gasteiger partial charge on any atom is 0.261 e. The normalized spacial score (nSPS) is 12.7. The van der Waals surface area contributed by atoms with Gasteiger partial charge in [0, 0.05) is 23.5 Å². The van der Waals surface area contributed by atoms with E-state index in [0.717, 1.165) is 17.0 Å². The van der Waals surface area contributed by atoms with E-state index in [9.17, 15) is 9.59 Å². The number of thioether (sulfide) groups is 1. The molecule has 0 aliphatic carbocycles. The summed E-state index contributed by atoms with van der Waals surface area (Å²) < 4.78 is 12.6. The third-order valence-corrected chi connectivity index (χ3v) is 6.63. The number of imide groups is 1. The molecule has 9 heteroatoms. The van der Waals surface area contributed by atoms with Gasteiger partial charge in [0.25, 0.3) is 11.8 Å². The minimum absolute atomic E-state index is 0.264. The number of methoxy groups -OCH3 is 2. The van der Waals surface area contributed by atoms with E-state index < -0.39 is 0 Å². The first-order valence-electron chi connectivity index (χ1n) is 10.9. The van der Waals surface area contributed by atoms with Crippen LogP contribution in [0.2, 0.25) is 0 Å². The van der Waals surface area contributed by atoms with Crippen molar-refractivity contribution in [1.29, 1.82) is 0 Å². The SMILES string of the molecule is COc1ccc(-n2c(SCCN3C(=O)c4ccccc4C3=O)nnc2-c2cccc(OC)c2)cc1. The number of hydrogen-bond donors (Lipinski definition) is 0. The summed E-state index contributed by atoms with van der Waals surface area (Å²) >= 11 is 1.43. The topological polar surface area (TPSA) is 86.6 Å². The Morgan fingerprint density at radius 1 is 0.800 bits per heavy atom. The van der Waals surface area contributed by atoms with Crippen molar-refractivity contribution in [3.8, 4) is 28.6 Å². The number of nitrogens with zero attached hydrogens (tertiary/aromatic N) is 4. The summed E-state index contributed by atoms with van der Waals surface area (Å²) in [6, 6.07) is 22.1. The van der Waals surface area contributed by atoms with Gasteiger partial charge < -0.3 is 9.47 Å². The highest BCUT2D eigenvalue weighted by atomic mass is 32.2. The zero-order chi connectivity index (χ0) is 24.4. The van der Waals surface area contributed by atoms with Crippen molar-refractivity contribution in [1.82, 2.24) is 19.7 Å². The summed E-state index contributed by atoms with van der Waals surface area (Å²) in [5, 5.41) is 9.52. The summed E-state index contributed by atoms with van der Waals surface area (Å²) in [5.74, 6) is 2.05. The Morgan fingerprint density at radius 2 is 1.49 bits per heavy atom. The number of hydrogen-bond acceptors (Lipinski definition) is 7. The molecule has 0 saturated heterocycles. The molecular weight excluding hydrogens is 464 g/mol. The minimum Gasteiger partial charge on any atom is -0.497 e. The van der Waals surface area contributed by atoms with Crippen LogP contribution in [0.25, 0.3) is 17.1 Å². The number of rotatable bonds is 8. The molecule has 0 unspecified atom stereocenters. The van der Waals surface area contributed by atoms with Gasteiger partial charge in [-0.15, -0.1) is 10.2 Å². The van der Waals surface area contributed by atoms with Crippen LogP contribution in [-0.2, 0) is 0 Å². The van der Waals surface area contributed by atoms with E-state index in [-0.39, 0.29) is 18.4 Å². The molecule has 3 aromatic carbocycles. The molecule has 4 aromatic rings. The molecule has 0 radical (unpaired) electrons. The van der Waals surface area contributed by atoms with Crippen LogP contribution in [0.1, 0.15) is 20.7 Å². The van der Waals surface area contributed by atoms with Crippen LogP contribution in [0.5, 0.6) is 11.5 Å². The summed E-state index contributed by atoms with van der Waals surface area (Å²) in [6.45, 7) is 0.265. The first kappa shape index (κ1) is 22.7. The number of carbonyl (C=O) groups is 2. The van der Waals surface area contributed by atoms with Crippen LogP contribution in [0.3, 0.4) is 0 Å². The zero-order valence-electron chi connectivity index (χ0n) is 19.2. The van der Waals surface area contributed by atoms with Gasteiger partial charge in [-0.3, -0.25) is 19.1 Å². The molecule has 2 heterocycles. The van der Waals surface area contributed by atoms with Crippen molar-refractivity contribution in [3.05, 3.63) is 83.9 Å². The van der Waals surface area contributed by atoms with Crippen LogP contribution in [0.4, 0.5) is 0 Å². The van der Waals surface area contributed by atoms with E-state index in [4.69, 9.17) is 9.47 Å². The molecule has 2 amide bonds. The molecule has 1 aromatic heterocycles. The number of aromatic nitrogens is 3. The van der Waals surface area contributed by atoms with Crippen LogP contribution < -0.4 is 9.47 Å². The standard InChI is InChI=1S/C26H22N4O4S/c1-33-19-12-10-18(11-13-19)30-23(17-6-5-7-20(16-17)34-2)27-28-26(30)35-15-14-29-24(31)21-8-3-4-9-22(21)25(29)32/h3-13,16H,14-15H2,1-2H3. The van der Waals surface area contributed by atoms with E-state index in [1.54, 1.807) is 38.5 Å². The second kappa shape index (κ2) is 9.63. The largest absolute Gasteiger partial charge is 0.497 e. The lowest BCUT2D eigenvalue weighted by molar-refractivity contribution is 0.0664. The van der Waals surface area contributed by atoms with Crippen molar-refractivity contribution in [3.63, 3.8) is 0 Å². The molecule has 1 aliphatic heterocycles. The Bertz CT molecular complexity index is 1370. The first-order valence-corrected chi connectivity index (χ1v) is 11.9. The summed E-state index contributed by atoms with van der Waals surface area (Å²) in [6.07, 6.45) is 0. The number of carbonyl (C=O) groups excluding carboxylic acids is 2. The average Bonchev–Trinajstić information content (AvgIpc) is 3.44. The van der Waals surface area contributed by atoms with Crippen molar-refractivity contribution in [2.24, 2.45) is 0 Å². The second-order valence-electron chi connectivity index (χ2n) is 7.73. The van der Waals surface area contributed by atoms with E-state index in [2.05, 4.69) is 10.2 Å². The zero-order valence-corrected chi connectivity index (χ0v) is 20.0. The Morgan fingerprint density at radius 3 is 2.14 bits per heavy atom. The Labute approximate surface area is 206 Å². The van der Waals surface area contributed by atoms with Gasteiger partial charge in [-0.25, -0.2) is 0 Å². The maximum atomic E-state index is 12.7. The van der Waals surface area contributed by atoms with Gasteiger partial charge in [-0.1, -0.05) is 36.0 Å². The molecular formula is C26H22N4O4S. The van der Waals surface area contributed by atoms with Gasteiger partial charge in [0.1, 0.15) is 11.5 Å². The van der Waals surface area contributed by atoms with Crippen LogP contribution >= 0.6 is 11.8 Å². The molecule has 0 spiro atoms. The lowest BCUT2D eigenvalue weighted by atomic mass is 10.1. The fraction of sp³-hybridized carbons (Fsp3) is 0.154. The number of fused-ring (bicyclic) bond motifs is 1. The average molecular weight is 487 g/mol. The van der Waals surface area contributed by atoms with Gasteiger partial charge in [-0.05, 0) is 48.5 Å². The third-order valence-electron chi connectivity index (χ3n) is 5.72. The molecule has 0 fully saturated rings. The van der Waals surface area contributed by atoms with Crippen LogP contribution in [0, 0.1) is 0 Å². The van der Waals surface area contributed by atoms with Gasteiger partial charge in [0.05, 0.1) is 25.3 Å². The molecule has 1 aliphatic rings. The molecule has 5 rings (SSSR count). The second-order valence-corrected chi connectivity index (χ2v) is 8.79. The Hall–Kier alpha value is -4.11. The fourth-order valence-corrected chi connectivity index (χ4v) is 4.82. The molecule has 8 nitrogen and oxygen atoms in total. The Balaban J connectivity index is 1.42. The van der Waals surface area contributed by atoms with E-state index in [0.29, 0.717) is 33.6 Å². The highest BCUT2D eigenvalue weighted by Gasteiger charge is 2.34.